The average Bonchev–Trinajstić information content (AvgIpc) is 2.80. The molecule has 2 aromatic rings. The number of halogens is 1. The van der Waals surface area contributed by atoms with E-state index in [9.17, 15) is 9.18 Å². The molecular weight excluding hydrogens is 309 g/mol. The smallest absolute Gasteiger partial charge is 0.338 e. The highest BCUT2D eigenvalue weighted by molar-refractivity contribution is 6.82. The van der Waals surface area contributed by atoms with E-state index in [1.165, 1.54) is 12.1 Å². The van der Waals surface area contributed by atoms with E-state index in [-0.39, 0.29) is 5.56 Å². The third-order valence-electron chi connectivity index (χ3n) is 5.20. The Labute approximate surface area is 138 Å². The molecule has 1 aromatic carbocycles. The highest BCUT2D eigenvalue weighted by atomic mass is 28.3. The van der Waals surface area contributed by atoms with Crippen LogP contribution < -0.4 is 0 Å². The number of fused-ring (bicyclic) bond motifs is 1. The van der Waals surface area contributed by atoms with Gasteiger partial charge in [0, 0.05) is 5.52 Å². The lowest BCUT2D eigenvalue weighted by molar-refractivity contribution is 0.0692. The minimum absolute atomic E-state index is 0.263. The van der Waals surface area contributed by atoms with Crippen molar-refractivity contribution < 1.29 is 14.3 Å². The first kappa shape index (κ1) is 17.7. The zero-order valence-corrected chi connectivity index (χ0v) is 15.7. The molecule has 0 unspecified atom stereocenters. The van der Waals surface area contributed by atoms with Gasteiger partial charge in [0.1, 0.15) is 5.82 Å². The molecule has 3 nitrogen and oxygen atoms in total. The fourth-order valence-corrected chi connectivity index (χ4v) is 11.1. The summed E-state index contributed by atoms with van der Waals surface area (Å²) in [5.74, 6) is -1.89. The van der Waals surface area contributed by atoms with E-state index in [0.29, 0.717) is 16.6 Å². The molecule has 23 heavy (non-hydrogen) atoms. The Bertz CT molecular complexity index is 712. The van der Waals surface area contributed by atoms with E-state index in [2.05, 4.69) is 45.8 Å². The SMILES string of the molecule is CC(C)[Si](C(C)C)(C(C)C)n1ccc2cc(C(=O)O)c(F)cc21. The second-order valence-corrected chi connectivity index (χ2v) is 13.0. The van der Waals surface area contributed by atoms with Crippen LogP contribution in [0.25, 0.3) is 10.9 Å². The van der Waals surface area contributed by atoms with E-state index in [4.69, 9.17) is 5.11 Å². The minimum atomic E-state index is -1.98. The van der Waals surface area contributed by atoms with Crippen LogP contribution in [0.4, 0.5) is 4.39 Å². The summed E-state index contributed by atoms with van der Waals surface area (Å²) >= 11 is 0. The minimum Gasteiger partial charge on any atom is -0.478 e. The maximum absolute atomic E-state index is 14.2. The summed E-state index contributed by atoms with van der Waals surface area (Å²) < 4.78 is 16.5. The number of aromatic nitrogens is 1. The summed E-state index contributed by atoms with van der Waals surface area (Å²) in [6, 6.07) is 4.76. The molecule has 0 saturated heterocycles. The van der Waals surface area contributed by atoms with Crippen LogP contribution in [0.2, 0.25) is 16.6 Å². The number of carboxylic acid groups (broad SMARTS) is 1. The van der Waals surface area contributed by atoms with Crippen molar-refractivity contribution >= 4 is 25.1 Å². The van der Waals surface area contributed by atoms with Gasteiger partial charge < -0.3 is 9.34 Å². The number of rotatable bonds is 5. The molecule has 1 N–H and O–H groups in total. The predicted molar refractivity (Wildman–Crippen MR) is 95.3 cm³/mol. The highest BCUT2D eigenvalue weighted by Gasteiger charge is 2.45. The van der Waals surface area contributed by atoms with Crippen LogP contribution in [0.15, 0.2) is 24.4 Å². The largest absolute Gasteiger partial charge is 0.478 e. The molecule has 0 atom stereocenters. The third kappa shape index (κ3) is 2.61. The third-order valence-corrected chi connectivity index (χ3v) is 12.0. The first-order valence-electron chi connectivity index (χ1n) is 8.18. The molecule has 2 rings (SSSR count). The maximum atomic E-state index is 14.2. The number of nitrogens with zero attached hydrogens (tertiary/aromatic N) is 1. The Morgan fingerprint density at radius 1 is 1.09 bits per heavy atom. The molecule has 0 aliphatic carbocycles. The highest BCUT2D eigenvalue weighted by Crippen LogP contribution is 2.44. The van der Waals surface area contributed by atoms with Gasteiger partial charge in [-0.1, -0.05) is 41.5 Å². The topological polar surface area (TPSA) is 42.2 Å². The van der Waals surface area contributed by atoms with Crippen LogP contribution >= 0.6 is 0 Å². The quantitative estimate of drug-likeness (QED) is 0.733. The Morgan fingerprint density at radius 3 is 2.04 bits per heavy atom. The summed E-state index contributed by atoms with van der Waals surface area (Å²) in [4.78, 5) is 11.2. The Hall–Kier alpha value is -1.62. The van der Waals surface area contributed by atoms with Gasteiger partial charge in [-0.25, -0.2) is 9.18 Å². The van der Waals surface area contributed by atoms with E-state index < -0.39 is 20.0 Å². The van der Waals surface area contributed by atoms with Crippen molar-refractivity contribution in [2.45, 2.75) is 58.2 Å². The molecule has 0 spiro atoms. The van der Waals surface area contributed by atoms with Gasteiger partial charge in [0.15, 0.2) is 8.24 Å². The van der Waals surface area contributed by atoms with Crippen molar-refractivity contribution in [1.82, 2.24) is 4.23 Å². The normalized spacial score (nSPS) is 12.8. The van der Waals surface area contributed by atoms with Gasteiger partial charge >= 0.3 is 5.97 Å². The Morgan fingerprint density at radius 2 is 1.61 bits per heavy atom. The zero-order valence-electron chi connectivity index (χ0n) is 14.7. The molecule has 0 saturated carbocycles. The fraction of sp³-hybridized carbons (Fsp3) is 0.500. The van der Waals surface area contributed by atoms with Gasteiger partial charge in [-0.3, -0.25) is 0 Å². The van der Waals surface area contributed by atoms with Crippen molar-refractivity contribution in [2.75, 3.05) is 0 Å². The van der Waals surface area contributed by atoms with Crippen LogP contribution in [-0.2, 0) is 0 Å². The molecule has 126 valence electrons. The Kier molecular flexibility index (Phi) is 4.71. The zero-order chi connectivity index (χ0) is 17.5. The monoisotopic (exact) mass is 335 g/mol. The van der Waals surface area contributed by atoms with Gasteiger partial charge in [-0.05, 0) is 46.4 Å². The molecule has 5 heteroatoms. The summed E-state index contributed by atoms with van der Waals surface area (Å²) in [5, 5.41) is 9.91. The van der Waals surface area contributed by atoms with Crippen molar-refractivity contribution in [3.8, 4) is 0 Å². The van der Waals surface area contributed by atoms with Crippen molar-refractivity contribution in [2.24, 2.45) is 0 Å². The number of carbonyl (C=O) groups is 1. The average molecular weight is 335 g/mol. The first-order valence-corrected chi connectivity index (χ1v) is 10.4. The molecule has 0 fully saturated rings. The summed E-state index contributed by atoms with van der Waals surface area (Å²) in [6.07, 6.45) is 2.03. The number of hydrogen-bond donors (Lipinski definition) is 1. The lowest BCUT2D eigenvalue weighted by Crippen LogP contribution is -2.51. The Balaban J connectivity index is 2.81. The second kappa shape index (κ2) is 6.11. The number of hydrogen-bond acceptors (Lipinski definition) is 1. The van der Waals surface area contributed by atoms with Gasteiger partial charge in [-0.2, -0.15) is 0 Å². The van der Waals surface area contributed by atoms with Crippen LogP contribution in [0.1, 0.15) is 51.9 Å². The molecule has 0 aliphatic heterocycles. The van der Waals surface area contributed by atoms with Crippen molar-refractivity contribution in [3.63, 3.8) is 0 Å². The molecule has 1 aromatic heterocycles. The van der Waals surface area contributed by atoms with Crippen LogP contribution in [0.5, 0.6) is 0 Å². The van der Waals surface area contributed by atoms with E-state index in [1.54, 1.807) is 0 Å². The second-order valence-electron chi connectivity index (χ2n) is 7.23. The predicted octanol–water partition coefficient (Wildman–Crippen LogP) is 5.50. The van der Waals surface area contributed by atoms with E-state index in [0.717, 1.165) is 10.9 Å². The van der Waals surface area contributed by atoms with Gasteiger partial charge in [0.05, 0.1) is 5.56 Å². The molecule has 0 amide bonds. The number of carboxylic acids is 1. The van der Waals surface area contributed by atoms with E-state index in [1.807, 2.05) is 12.3 Å². The van der Waals surface area contributed by atoms with Crippen LogP contribution in [0, 0.1) is 5.82 Å². The standard InChI is InChI=1S/C18H26FNO2Si/c1-11(2)23(12(3)4,13(5)6)20-8-7-14-9-15(18(21)22)16(19)10-17(14)20/h7-13H,1-6H3,(H,21,22). The summed E-state index contributed by atoms with van der Waals surface area (Å²) in [5.41, 5.74) is 2.01. The van der Waals surface area contributed by atoms with E-state index >= 15 is 0 Å². The van der Waals surface area contributed by atoms with Crippen molar-refractivity contribution in [1.29, 1.82) is 0 Å². The molecule has 0 bridgehead atoms. The summed E-state index contributed by atoms with van der Waals surface area (Å²) in [6.45, 7) is 13.5. The molecule has 1 heterocycles. The lowest BCUT2D eigenvalue weighted by atomic mass is 10.1. The summed E-state index contributed by atoms with van der Waals surface area (Å²) in [7, 11) is -1.98. The fourth-order valence-electron chi connectivity index (χ4n) is 4.49. The molecule has 0 radical (unpaired) electrons. The molecular formula is C18H26FNO2Si. The maximum Gasteiger partial charge on any atom is 0.338 e. The van der Waals surface area contributed by atoms with Crippen LogP contribution in [-0.4, -0.2) is 23.5 Å². The number of aromatic carboxylic acids is 1. The van der Waals surface area contributed by atoms with Crippen LogP contribution in [0.3, 0.4) is 0 Å². The molecule has 0 aliphatic rings. The van der Waals surface area contributed by atoms with Gasteiger partial charge in [0.2, 0.25) is 0 Å². The van der Waals surface area contributed by atoms with Crippen molar-refractivity contribution in [3.05, 3.63) is 35.8 Å². The first-order chi connectivity index (χ1) is 10.6. The van der Waals surface area contributed by atoms with Gasteiger partial charge in [-0.15, -0.1) is 0 Å². The lowest BCUT2D eigenvalue weighted by Gasteiger charge is -2.44. The van der Waals surface area contributed by atoms with Gasteiger partial charge in [0.25, 0.3) is 0 Å². The number of benzene rings is 1.